The fourth-order valence-corrected chi connectivity index (χ4v) is 3.13. The molecule has 0 saturated heterocycles. The normalized spacial score (nSPS) is 20.2. The minimum absolute atomic E-state index is 0.279. The van der Waals surface area contributed by atoms with Crippen LogP contribution in [0.5, 0.6) is 11.5 Å². The van der Waals surface area contributed by atoms with Gasteiger partial charge >= 0.3 is 5.97 Å². The molecule has 0 amide bonds. The van der Waals surface area contributed by atoms with Crippen LogP contribution in [0.4, 0.5) is 0 Å². The Morgan fingerprint density at radius 3 is 2.57 bits per heavy atom. The summed E-state index contributed by atoms with van der Waals surface area (Å²) in [5, 5.41) is 0.279. The Kier molecular flexibility index (Phi) is 5.19. The Hall–Kier alpha value is -2.00. The molecule has 3 nitrogen and oxygen atoms in total. The molecule has 2 aromatic rings. The van der Waals surface area contributed by atoms with Gasteiger partial charge in [-0.15, -0.1) is 11.6 Å². The van der Waals surface area contributed by atoms with Gasteiger partial charge < -0.3 is 9.47 Å². The van der Waals surface area contributed by atoms with Gasteiger partial charge in [-0.2, -0.15) is 0 Å². The van der Waals surface area contributed by atoms with Crippen molar-refractivity contribution in [1.29, 1.82) is 0 Å². The van der Waals surface area contributed by atoms with Crippen LogP contribution in [-0.2, 0) is 0 Å². The van der Waals surface area contributed by atoms with E-state index in [1.54, 1.807) is 24.3 Å². The Morgan fingerprint density at radius 2 is 1.83 bits per heavy atom. The number of hydrogen-bond donors (Lipinski definition) is 0. The maximum Gasteiger partial charge on any atom is 0.343 e. The molecule has 2 aromatic carbocycles. The predicted molar refractivity (Wildman–Crippen MR) is 90.3 cm³/mol. The second-order valence-electron chi connectivity index (χ2n) is 5.82. The summed E-state index contributed by atoms with van der Waals surface area (Å²) in [6.07, 6.45) is 3.17. The summed E-state index contributed by atoms with van der Waals surface area (Å²) in [6, 6.07) is 16.1. The first-order valence-corrected chi connectivity index (χ1v) is 8.28. The van der Waals surface area contributed by atoms with Crippen molar-refractivity contribution in [1.82, 2.24) is 0 Å². The summed E-state index contributed by atoms with van der Waals surface area (Å²) in [7, 11) is 0. The fraction of sp³-hybridized carbons (Fsp3) is 0.316. The van der Waals surface area contributed by atoms with Crippen molar-refractivity contribution in [2.75, 3.05) is 6.61 Å². The second kappa shape index (κ2) is 7.51. The topological polar surface area (TPSA) is 35.5 Å². The lowest BCUT2D eigenvalue weighted by Gasteiger charge is -2.12. The van der Waals surface area contributed by atoms with Gasteiger partial charge in [-0.1, -0.05) is 24.3 Å². The molecule has 0 heterocycles. The average Bonchev–Trinajstić information content (AvgIpc) is 3.00. The number of carbonyl (C=O) groups excluding carboxylic acids is 1. The molecule has 2 unspecified atom stereocenters. The Bertz CT molecular complexity index is 657. The average molecular weight is 331 g/mol. The van der Waals surface area contributed by atoms with Gasteiger partial charge in [0.05, 0.1) is 12.2 Å². The summed E-state index contributed by atoms with van der Waals surface area (Å²) in [6.45, 7) is 0.652. The summed E-state index contributed by atoms with van der Waals surface area (Å²) in [5.41, 5.74) is 0.526. The van der Waals surface area contributed by atoms with Crippen molar-refractivity contribution in [3.63, 3.8) is 0 Å². The number of alkyl halides is 1. The van der Waals surface area contributed by atoms with E-state index >= 15 is 0 Å². The van der Waals surface area contributed by atoms with Crippen LogP contribution in [0.1, 0.15) is 29.6 Å². The highest BCUT2D eigenvalue weighted by molar-refractivity contribution is 6.20. The van der Waals surface area contributed by atoms with Crippen LogP contribution in [0.3, 0.4) is 0 Å². The van der Waals surface area contributed by atoms with Gasteiger partial charge in [-0.05, 0) is 49.4 Å². The predicted octanol–water partition coefficient (Wildman–Crippen LogP) is 4.69. The van der Waals surface area contributed by atoms with Gasteiger partial charge in [0.25, 0.3) is 0 Å². The molecule has 0 aliphatic heterocycles. The zero-order valence-electron chi connectivity index (χ0n) is 12.8. The second-order valence-corrected chi connectivity index (χ2v) is 6.43. The molecule has 3 rings (SSSR count). The molecule has 0 aromatic heterocycles. The molecule has 4 heteroatoms. The largest absolute Gasteiger partial charge is 0.493 e. The van der Waals surface area contributed by atoms with Crippen molar-refractivity contribution < 1.29 is 14.3 Å². The highest BCUT2D eigenvalue weighted by atomic mass is 35.5. The molecule has 0 radical (unpaired) electrons. The van der Waals surface area contributed by atoms with Gasteiger partial charge in [0.1, 0.15) is 11.5 Å². The standard InChI is InChI=1S/C19H19ClO3/c20-16-10-9-14(11-16)13-22-17-7-4-8-18(12-17)23-19(21)15-5-2-1-3-6-15/h1-8,12,14,16H,9-11,13H2. The van der Waals surface area contributed by atoms with E-state index in [0.29, 0.717) is 29.6 Å². The molecule has 1 saturated carbocycles. The molecule has 120 valence electrons. The monoisotopic (exact) mass is 330 g/mol. The lowest BCUT2D eigenvalue weighted by molar-refractivity contribution is 0.0734. The van der Waals surface area contributed by atoms with Gasteiger partial charge in [-0.3, -0.25) is 0 Å². The van der Waals surface area contributed by atoms with E-state index in [9.17, 15) is 4.79 Å². The SMILES string of the molecule is O=C(Oc1cccc(OCC2CCC(Cl)C2)c1)c1ccccc1. The van der Waals surface area contributed by atoms with E-state index < -0.39 is 0 Å². The first-order chi connectivity index (χ1) is 11.2. The smallest absolute Gasteiger partial charge is 0.343 e. The minimum atomic E-state index is -0.372. The number of hydrogen-bond acceptors (Lipinski definition) is 3. The fourth-order valence-electron chi connectivity index (χ4n) is 2.75. The van der Waals surface area contributed by atoms with E-state index in [4.69, 9.17) is 21.1 Å². The van der Waals surface area contributed by atoms with Crippen LogP contribution in [0.15, 0.2) is 54.6 Å². The van der Waals surface area contributed by atoms with Crippen molar-refractivity contribution in [3.8, 4) is 11.5 Å². The number of carbonyl (C=O) groups is 1. The zero-order valence-corrected chi connectivity index (χ0v) is 13.5. The highest BCUT2D eigenvalue weighted by Gasteiger charge is 2.23. The number of ether oxygens (including phenoxy) is 2. The van der Waals surface area contributed by atoms with Crippen LogP contribution >= 0.6 is 11.6 Å². The Balaban J connectivity index is 1.58. The lowest BCUT2D eigenvalue weighted by Crippen LogP contribution is -2.10. The third-order valence-electron chi connectivity index (χ3n) is 3.99. The summed E-state index contributed by atoms with van der Waals surface area (Å²) in [4.78, 5) is 12.1. The van der Waals surface area contributed by atoms with Crippen molar-refractivity contribution in [3.05, 3.63) is 60.2 Å². The highest BCUT2D eigenvalue weighted by Crippen LogP contribution is 2.30. The molecule has 0 bridgehead atoms. The minimum Gasteiger partial charge on any atom is -0.493 e. The number of esters is 1. The van der Waals surface area contributed by atoms with Gasteiger partial charge in [0.2, 0.25) is 0 Å². The molecule has 0 spiro atoms. The number of benzene rings is 2. The van der Waals surface area contributed by atoms with Gasteiger partial charge in [0.15, 0.2) is 0 Å². The Morgan fingerprint density at radius 1 is 1.04 bits per heavy atom. The van der Waals surface area contributed by atoms with Gasteiger partial charge in [0, 0.05) is 11.4 Å². The first-order valence-electron chi connectivity index (χ1n) is 7.85. The summed E-state index contributed by atoms with van der Waals surface area (Å²) >= 11 is 6.12. The van der Waals surface area contributed by atoms with Crippen LogP contribution in [0.2, 0.25) is 0 Å². The molecule has 2 atom stereocenters. The summed E-state index contributed by atoms with van der Waals surface area (Å²) < 4.78 is 11.2. The van der Waals surface area contributed by atoms with Crippen molar-refractivity contribution in [2.24, 2.45) is 5.92 Å². The van der Waals surface area contributed by atoms with Crippen molar-refractivity contribution >= 4 is 17.6 Å². The van der Waals surface area contributed by atoms with E-state index in [2.05, 4.69) is 0 Å². The number of halogens is 1. The molecule has 23 heavy (non-hydrogen) atoms. The molecule has 1 aliphatic carbocycles. The Labute approximate surface area is 141 Å². The quantitative estimate of drug-likeness (QED) is 0.453. The molecule has 1 aliphatic rings. The van der Waals surface area contributed by atoms with Crippen LogP contribution in [-0.4, -0.2) is 18.0 Å². The van der Waals surface area contributed by atoms with E-state index in [-0.39, 0.29) is 11.3 Å². The van der Waals surface area contributed by atoms with Crippen LogP contribution < -0.4 is 9.47 Å². The molecule has 0 N–H and O–H groups in total. The van der Waals surface area contributed by atoms with E-state index in [1.807, 2.05) is 30.3 Å². The van der Waals surface area contributed by atoms with Crippen molar-refractivity contribution in [2.45, 2.75) is 24.6 Å². The van der Waals surface area contributed by atoms with Gasteiger partial charge in [-0.25, -0.2) is 4.79 Å². The first kappa shape index (κ1) is 15.9. The summed E-state index contributed by atoms with van der Waals surface area (Å²) in [5.74, 6) is 1.33. The molecule has 1 fully saturated rings. The zero-order chi connectivity index (χ0) is 16.1. The molecular formula is C19H19ClO3. The van der Waals surface area contributed by atoms with Crippen LogP contribution in [0.25, 0.3) is 0 Å². The third kappa shape index (κ3) is 4.49. The van der Waals surface area contributed by atoms with E-state index in [0.717, 1.165) is 19.3 Å². The van der Waals surface area contributed by atoms with E-state index in [1.165, 1.54) is 0 Å². The third-order valence-corrected chi connectivity index (χ3v) is 4.38. The molecular weight excluding hydrogens is 312 g/mol. The number of rotatable bonds is 5. The maximum absolute atomic E-state index is 12.1. The maximum atomic E-state index is 12.1. The van der Waals surface area contributed by atoms with Crippen LogP contribution in [0, 0.1) is 5.92 Å². The lowest BCUT2D eigenvalue weighted by atomic mass is 10.1.